The van der Waals surface area contributed by atoms with Crippen molar-refractivity contribution in [1.29, 1.82) is 0 Å². The van der Waals surface area contributed by atoms with Crippen molar-refractivity contribution >= 4 is 0 Å². The number of hydrogen-bond donors (Lipinski definition) is 2. The van der Waals surface area contributed by atoms with E-state index in [1.54, 1.807) is 0 Å². The van der Waals surface area contributed by atoms with Crippen molar-refractivity contribution in [2.45, 2.75) is 64.3 Å². The van der Waals surface area contributed by atoms with E-state index in [-0.39, 0.29) is 0 Å². The molecule has 0 amide bonds. The molecule has 94 valence electrons. The standard InChI is InChI=1S/C14H28N2/c1-3-14(9-10-15-11-14)12-16-13(2)7-5-4-6-8-13/h15-16H,3-12H2,1-2H3. The van der Waals surface area contributed by atoms with Gasteiger partial charge in [-0.25, -0.2) is 0 Å². The van der Waals surface area contributed by atoms with Crippen LogP contribution in [0.5, 0.6) is 0 Å². The van der Waals surface area contributed by atoms with Gasteiger partial charge in [-0.05, 0) is 44.6 Å². The molecule has 1 unspecified atom stereocenters. The lowest BCUT2D eigenvalue weighted by Crippen LogP contribution is -2.49. The van der Waals surface area contributed by atoms with Crippen LogP contribution in [0, 0.1) is 5.41 Å². The van der Waals surface area contributed by atoms with Gasteiger partial charge >= 0.3 is 0 Å². The van der Waals surface area contributed by atoms with Crippen LogP contribution in [0.15, 0.2) is 0 Å². The number of nitrogens with one attached hydrogen (secondary N) is 2. The maximum Gasteiger partial charge on any atom is 0.0153 e. The van der Waals surface area contributed by atoms with E-state index in [0.29, 0.717) is 11.0 Å². The molecule has 1 aliphatic heterocycles. The van der Waals surface area contributed by atoms with Gasteiger partial charge in [-0.3, -0.25) is 0 Å². The minimum atomic E-state index is 0.434. The highest BCUT2D eigenvalue weighted by molar-refractivity contribution is 4.93. The van der Waals surface area contributed by atoms with Crippen molar-refractivity contribution in [3.8, 4) is 0 Å². The van der Waals surface area contributed by atoms with Crippen LogP contribution >= 0.6 is 0 Å². The summed E-state index contributed by atoms with van der Waals surface area (Å²) < 4.78 is 0. The molecule has 0 aromatic heterocycles. The van der Waals surface area contributed by atoms with Crippen molar-refractivity contribution in [3.63, 3.8) is 0 Å². The smallest absolute Gasteiger partial charge is 0.0153 e. The van der Waals surface area contributed by atoms with Gasteiger partial charge in [0.15, 0.2) is 0 Å². The van der Waals surface area contributed by atoms with Crippen LogP contribution in [-0.2, 0) is 0 Å². The van der Waals surface area contributed by atoms with Crippen LogP contribution in [-0.4, -0.2) is 25.2 Å². The molecule has 0 radical (unpaired) electrons. The molecule has 2 aliphatic rings. The molecule has 1 saturated carbocycles. The molecule has 2 heteroatoms. The Balaban J connectivity index is 1.85. The van der Waals surface area contributed by atoms with E-state index in [4.69, 9.17) is 0 Å². The van der Waals surface area contributed by atoms with Gasteiger partial charge in [0, 0.05) is 18.6 Å². The van der Waals surface area contributed by atoms with Gasteiger partial charge in [-0.1, -0.05) is 26.2 Å². The summed E-state index contributed by atoms with van der Waals surface area (Å²) >= 11 is 0. The summed E-state index contributed by atoms with van der Waals surface area (Å²) in [6, 6.07) is 0. The number of rotatable bonds is 4. The minimum absolute atomic E-state index is 0.434. The van der Waals surface area contributed by atoms with Gasteiger partial charge in [-0.2, -0.15) is 0 Å². The van der Waals surface area contributed by atoms with E-state index in [9.17, 15) is 0 Å². The lowest BCUT2D eigenvalue weighted by Gasteiger charge is -2.38. The molecule has 1 atom stereocenters. The first-order valence-corrected chi connectivity index (χ1v) is 7.14. The highest BCUT2D eigenvalue weighted by Crippen LogP contribution is 2.32. The predicted molar refractivity (Wildman–Crippen MR) is 69.7 cm³/mol. The predicted octanol–water partition coefficient (Wildman–Crippen LogP) is 2.69. The molecular formula is C14H28N2. The third-order valence-corrected chi connectivity index (χ3v) is 4.93. The molecular weight excluding hydrogens is 196 g/mol. The normalized spacial score (nSPS) is 34.1. The first-order valence-electron chi connectivity index (χ1n) is 7.14. The van der Waals surface area contributed by atoms with Gasteiger partial charge in [0.2, 0.25) is 0 Å². The second-order valence-electron chi connectivity index (χ2n) is 6.26. The topological polar surface area (TPSA) is 24.1 Å². The van der Waals surface area contributed by atoms with E-state index in [2.05, 4.69) is 24.5 Å². The van der Waals surface area contributed by atoms with Gasteiger partial charge in [0.25, 0.3) is 0 Å². The quantitative estimate of drug-likeness (QED) is 0.767. The molecule has 1 saturated heterocycles. The van der Waals surface area contributed by atoms with Crippen molar-refractivity contribution in [1.82, 2.24) is 10.6 Å². The second kappa shape index (κ2) is 5.05. The Labute approximate surface area is 101 Å². The van der Waals surface area contributed by atoms with E-state index < -0.39 is 0 Å². The Kier molecular flexibility index (Phi) is 3.91. The summed E-state index contributed by atoms with van der Waals surface area (Å²) in [6.07, 6.45) is 9.69. The Hall–Kier alpha value is -0.0800. The Morgan fingerprint density at radius 2 is 1.88 bits per heavy atom. The lowest BCUT2D eigenvalue weighted by molar-refractivity contribution is 0.199. The second-order valence-corrected chi connectivity index (χ2v) is 6.26. The highest BCUT2D eigenvalue weighted by Gasteiger charge is 2.35. The number of hydrogen-bond acceptors (Lipinski definition) is 2. The Bertz CT molecular complexity index is 213. The minimum Gasteiger partial charge on any atom is -0.316 e. The first kappa shape index (κ1) is 12.4. The van der Waals surface area contributed by atoms with E-state index >= 15 is 0 Å². The molecule has 2 rings (SSSR count). The van der Waals surface area contributed by atoms with Gasteiger partial charge in [-0.15, -0.1) is 0 Å². The molecule has 0 spiro atoms. The van der Waals surface area contributed by atoms with Crippen molar-refractivity contribution < 1.29 is 0 Å². The first-order chi connectivity index (χ1) is 7.68. The van der Waals surface area contributed by atoms with Gasteiger partial charge in [0.05, 0.1) is 0 Å². The van der Waals surface area contributed by atoms with Crippen LogP contribution < -0.4 is 10.6 Å². The van der Waals surface area contributed by atoms with Crippen molar-refractivity contribution in [2.24, 2.45) is 5.41 Å². The fourth-order valence-electron chi connectivity index (χ4n) is 3.28. The van der Waals surface area contributed by atoms with Crippen LogP contribution in [0.3, 0.4) is 0 Å². The zero-order valence-corrected chi connectivity index (χ0v) is 11.1. The van der Waals surface area contributed by atoms with E-state index in [1.807, 2.05) is 0 Å². The Morgan fingerprint density at radius 1 is 1.12 bits per heavy atom. The molecule has 1 aliphatic carbocycles. The average Bonchev–Trinajstić information content (AvgIpc) is 2.77. The highest BCUT2D eigenvalue weighted by atomic mass is 15.0. The molecule has 2 fully saturated rings. The largest absolute Gasteiger partial charge is 0.316 e. The van der Waals surface area contributed by atoms with Gasteiger partial charge < -0.3 is 10.6 Å². The fraction of sp³-hybridized carbons (Fsp3) is 1.00. The Morgan fingerprint density at radius 3 is 2.44 bits per heavy atom. The van der Waals surface area contributed by atoms with E-state index in [0.717, 1.165) is 0 Å². The third-order valence-electron chi connectivity index (χ3n) is 4.93. The molecule has 2 nitrogen and oxygen atoms in total. The average molecular weight is 224 g/mol. The molecule has 16 heavy (non-hydrogen) atoms. The maximum absolute atomic E-state index is 3.89. The fourth-order valence-corrected chi connectivity index (χ4v) is 3.28. The summed E-state index contributed by atoms with van der Waals surface area (Å²) in [4.78, 5) is 0. The lowest BCUT2D eigenvalue weighted by atomic mass is 9.80. The summed E-state index contributed by atoms with van der Waals surface area (Å²) in [5, 5.41) is 7.42. The monoisotopic (exact) mass is 224 g/mol. The summed E-state index contributed by atoms with van der Waals surface area (Å²) in [5.74, 6) is 0. The summed E-state index contributed by atoms with van der Waals surface area (Å²) in [7, 11) is 0. The summed E-state index contributed by atoms with van der Waals surface area (Å²) in [6.45, 7) is 8.42. The molecule has 2 N–H and O–H groups in total. The maximum atomic E-state index is 3.89. The van der Waals surface area contributed by atoms with Crippen LogP contribution in [0.25, 0.3) is 0 Å². The van der Waals surface area contributed by atoms with Crippen molar-refractivity contribution in [2.75, 3.05) is 19.6 Å². The molecule has 1 heterocycles. The van der Waals surface area contributed by atoms with E-state index in [1.165, 1.54) is 64.6 Å². The van der Waals surface area contributed by atoms with Crippen LogP contribution in [0.4, 0.5) is 0 Å². The zero-order chi connectivity index (χ0) is 11.5. The molecule has 0 aromatic carbocycles. The van der Waals surface area contributed by atoms with Crippen LogP contribution in [0.2, 0.25) is 0 Å². The third kappa shape index (κ3) is 2.78. The van der Waals surface area contributed by atoms with Crippen molar-refractivity contribution in [3.05, 3.63) is 0 Å². The summed E-state index contributed by atoms with van der Waals surface area (Å²) in [5.41, 5.74) is 0.976. The SMILES string of the molecule is CCC1(CNC2(C)CCCCC2)CCNC1. The zero-order valence-electron chi connectivity index (χ0n) is 11.1. The van der Waals surface area contributed by atoms with Crippen LogP contribution in [0.1, 0.15) is 58.8 Å². The molecule has 0 bridgehead atoms. The van der Waals surface area contributed by atoms with Gasteiger partial charge in [0.1, 0.15) is 0 Å². The molecule has 0 aromatic rings.